The highest BCUT2D eigenvalue weighted by Gasteiger charge is 2.25. The maximum Gasteiger partial charge on any atom is 0.0875 e. The fourth-order valence-corrected chi connectivity index (χ4v) is 3.01. The van der Waals surface area contributed by atoms with Crippen molar-refractivity contribution in [3.63, 3.8) is 0 Å². The van der Waals surface area contributed by atoms with Crippen LogP contribution < -0.4 is 4.90 Å². The average Bonchev–Trinajstić information content (AvgIpc) is 2.74. The molecule has 0 saturated heterocycles. The fourth-order valence-electron chi connectivity index (χ4n) is 3.01. The minimum Gasteiger partial charge on any atom is -0.327 e. The zero-order valence-corrected chi connectivity index (χ0v) is 14.1. The third-order valence-electron chi connectivity index (χ3n) is 4.11. The summed E-state index contributed by atoms with van der Waals surface area (Å²) in [6.07, 6.45) is 14.6. The number of anilines is 2. The number of pyridine rings is 4. The molecule has 5 nitrogen and oxygen atoms in total. The van der Waals surface area contributed by atoms with E-state index in [-0.39, 0.29) is 6.04 Å². The molecular formula is C21H17N5. The quantitative estimate of drug-likeness (QED) is 0.545. The lowest BCUT2D eigenvalue weighted by atomic mass is 9.98. The largest absolute Gasteiger partial charge is 0.327 e. The third kappa shape index (κ3) is 3.28. The van der Waals surface area contributed by atoms with Gasteiger partial charge in [0.2, 0.25) is 0 Å². The number of hydrogen-bond acceptors (Lipinski definition) is 5. The van der Waals surface area contributed by atoms with Crippen molar-refractivity contribution in [1.82, 2.24) is 19.9 Å². The molecule has 0 atom stereocenters. The van der Waals surface area contributed by atoms with E-state index >= 15 is 0 Å². The Morgan fingerprint density at radius 2 is 0.962 bits per heavy atom. The summed E-state index contributed by atoms with van der Waals surface area (Å²) in [4.78, 5) is 19.5. The second-order valence-corrected chi connectivity index (χ2v) is 5.77. The van der Waals surface area contributed by atoms with E-state index < -0.39 is 0 Å². The molecule has 0 unspecified atom stereocenters. The van der Waals surface area contributed by atoms with Crippen molar-refractivity contribution in [2.24, 2.45) is 0 Å². The third-order valence-corrected chi connectivity index (χ3v) is 4.11. The molecule has 5 heteroatoms. The SMILES string of the molecule is c1cncc(C(c2cccnc2)N(c2cccnc2)c2cccnc2)c1. The highest BCUT2D eigenvalue weighted by atomic mass is 15.2. The number of rotatable bonds is 5. The first-order valence-electron chi connectivity index (χ1n) is 8.32. The van der Waals surface area contributed by atoms with Gasteiger partial charge in [-0.2, -0.15) is 0 Å². The van der Waals surface area contributed by atoms with Gasteiger partial charge in [0, 0.05) is 37.2 Å². The second-order valence-electron chi connectivity index (χ2n) is 5.77. The highest BCUT2D eigenvalue weighted by Crippen LogP contribution is 2.37. The van der Waals surface area contributed by atoms with Crippen LogP contribution in [0.4, 0.5) is 11.4 Å². The van der Waals surface area contributed by atoms with Crippen LogP contribution in [0.5, 0.6) is 0 Å². The number of aromatic nitrogens is 4. The Balaban J connectivity index is 1.93. The molecular weight excluding hydrogens is 322 g/mol. The van der Waals surface area contributed by atoms with E-state index in [9.17, 15) is 0 Å². The Kier molecular flexibility index (Phi) is 4.60. The summed E-state index contributed by atoms with van der Waals surface area (Å²) in [7, 11) is 0. The summed E-state index contributed by atoms with van der Waals surface area (Å²) < 4.78 is 0. The molecule has 4 aromatic heterocycles. The van der Waals surface area contributed by atoms with Gasteiger partial charge in [-0.05, 0) is 47.5 Å². The average molecular weight is 339 g/mol. The van der Waals surface area contributed by atoms with Gasteiger partial charge in [0.1, 0.15) is 0 Å². The van der Waals surface area contributed by atoms with Crippen molar-refractivity contribution >= 4 is 11.4 Å². The smallest absolute Gasteiger partial charge is 0.0875 e. The van der Waals surface area contributed by atoms with Crippen LogP contribution in [-0.4, -0.2) is 19.9 Å². The van der Waals surface area contributed by atoms with Crippen molar-refractivity contribution in [3.05, 3.63) is 109 Å². The van der Waals surface area contributed by atoms with E-state index in [0.29, 0.717) is 0 Å². The van der Waals surface area contributed by atoms with Crippen LogP contribution in [0.2, 0.25) is 0 Å². The van der Waals surface area contributed by atoms with Crippen LogP contribution in [0.3, 0.4) is 0 Å². The molecule has 126 valence electrons. The molecule has 0 fully saturated rings. The predicted octanol–water partition coefficient (Wildman–Crippen LogP) is 4.19. The number of hydrogen-bond donors (Lipinski definition) is 0. The van der Waals surface area contributed by atoms with Crippen LogP contribution >= 0.6 is 0 Å². The molecule has 0 N–H and O–H groups in total. The van der Waals surface area contributed by atoms with Gasteiger partial charge in [-0.15, -0.1) is 0 Å². The molecule has 0 spiro atoms. The van der Waals surface area contributed by atoms with E-state index in [1.54, 1.807) is 24.8 Å². The summed E-state index contributed by atoms with van der Waals surface area (Å²) in [5.41, 5.74) is 4.07. The molecule has 0 bridgehead atoms. The standard InChI is InChI=1S/C21H17N5/c1-5-17(13-22-9-1)21(18-6-2-10-23-14-18)26(19-7-3-11-24-15-19)20-8-4-12-25-16-20/h1-16,21H. The molecule has 0 amide bonds. The van der Waals surface area contributed by atoms with Crippen molar-refractivity contribution in [2.45, 2.75) is 6.04 Å². The van der Waals surface area contributed by atoms with Gasteiger partial charge in [0.05, 0.1) is 29.8 Å². The minimum atomic E-state index is -0.106. The molecule has 0 saturated carbocycles. The van der Waals surface area contributed by atoms with E-state index in [4.69, 9.17) is 0 Å². The predicted molar refractivity (Wildman–Crippen MR) is 101 cm³/mol. The molecule has 4 aromatic rings. The second kappa shape index (κ2) is 7.53. The lowest BCUT2D eigenvalue weighted by Crippen LogP contribution is -2.25. The highest BCUT2D eigenvalue weighted by molar-refractivity contribution is 5.65. The van der Waals surface area contributed by atoms with Gasteiger partial charge >= 0.3 is 0 Å². The maximum absolute atomic E-state index is 4.32. The Labute approximate surface area is 152 Å². The van der Waals surface area contributed by atoms with Crippen molar-refractivity contribution in [2.75, 3.05) is 4.90 Å². The van der Waals surface area contributed by atoms with Crippen LogP contribution in [0.1, 0.15) is 17.2 Å². The number of nitrogens with zero attached hydrogens (tertiary/aromatic N) is 5. The summed E-state index contributed by atoms with van der Waals surface area (Å²) in [6, 6.07) is 15.9. The van der Waals surface area contributed by atoms with Gasteiger partial charge in [-0.3, -0.25) is 19.9 Å². The van der Waals surface area contributed by atoms with Gasteiger partial charge < -0.3 is 4.90 Å². The van der Waals surface area contributed by atoms with Crippen LogP contribution in [-0.2, 0) is 0 Å². The van der Waals surface area contributed by atoms with Gasteiger partial charge in [-0.1, -0.05) is 12.1 Å². The Hall–Kier alpha value is -3.60. The van der Waals surface area contributed by atoms with Crippen molar-refractivity contribution in [1.29, 1.82) is 0 Å². The van der Waals surface area contributed by atoms with E-state index in [1.165, 1.54) is 0 Å². The maximum atomic E-state index is 4.32. The Morgan fingerprint density at radius 3 is 1.31 bits per heavy atom. The van der Waals surface area contributed by atoms with Crippen molar-refractivity contribution in [3.8, 4) is 0 Å². The minimum absolute atomic E-state index is 0.106. The summed E-state index contributed by atoms with van der Waals surface area (Å²) >= 11 is 0. The van der Waals surface area contributed by atoms with Crippen molar-refractivity contribution < 1.29 is 0 Å². The molecule has 0 aliphatic carbocycles. The Bertz CT molecular complexity index is 771. The lowest BCUT2D eigenvalue weighted by molar-refractivity contribution is 0.804. The molecule has 4 rings (SSSR count). The first-order chi connectivity index (χ1) is 12.9. The zero-order valence-electron chi connectivity index (χ0n) is 14.1. The first kappa shape index (κ1) is 15.9. The molecule has 0 aliphatic rings. The summed E-state index contributed by atoms with van der Waals surface area (Å²) in [6.45, 7) is 0. The molecule has 4 heterocycles. The Morgan fingerprint density at radius 1 is 0.538 bits per heavy atom. The molecule has 0 aromatic carbocycles. The van der Waals surface area contributed by atoms with E-state index in [2.05, 4.69) is 37.0 Å². The zero-order chi connectivity index (χ0) is 17.6. The van der Waals surface area contributed by atoms with E-state index in [0.717, 1.165) is 22.5 Å². The summed E-state index contributed by atoms with van der Waals surface area (Å²) in [5.74, 6) is 0. The van der Waals surface area contributed by atoms with Gasteiger partial charge in [0.15, 0.2) is 0 Å². The monoisotopic (exact) mass is 339 g/mol. The topological polar surface area (TPSA) is 54.8 Å². The normalized spacial score (nSPS) is 10.7. The van der Waals surface area contributed by atoms with Gasteiger partial charge in [0.25, 0.3) is 0 Å². The first-order valence-corrected chi connectivity index (χ1v) is 8.32. The summed E-state index contributed by atoms with van der Waals surface area (Å²) in [5, 5.41) is 0. The van der Waals surface area contributed by atoms with Gasteiger partial charge in [-0.25, -0.2) is 0 Å². The van der Waals surface area contributed by atoms with E-state index in [1.807, 2.05) is 61.2 Å². The van der Waals surface area contributed by atoms with Crippen LogP contribution in [0.15, 0.2) is 98.1 Å². The van der Waals surface area contributed by atoms with Crippen LogP contribution in [0, 0.1) is 0 Å². The molecule has 0 radical (unpaired) electrons. The lowest BCUT2D eigenvalue weighted by Gasteiger charge is -2.33. The molecule has 0 aliphatic heterocycles. The fraction of sp³-hybridized carbons (Fsp3) is 0.0476. The molecule has 26 heavy (non-hydrogen) atoms. The van der Waals surface area contributed by atoms with Crippen LogP contribution in [0.25, 0.3) is 0 Å².